The van der Waals surface area contributed by atoms with Crippen molar-refractivity contribution in [1.29, 1.82) is 0 Å². The summed E-state index contributed by atoms with van der Waals surface area (Å²) in [5.41, 5.74) is 2.64. The van der Waals surface area contributed by atoms with E-state index in [2.05, 4.69) is 31.2 Å². The number of anilines is 1. The molecule has 1 saturated heterocycles. The molecule has 0 bridgehead atoms. The van der Waals surface area contributed by atoms with Crippen LogP contribution in [0.4, 0.5) is 14.9 Å². The molecular formula is C23H22BrFN4O3. The maximum Gasteiger partial charge on any atom is 0.414 e. The summed E-state index contributed by atoms with van der Waals surface area (Å²) in [5, 5.41) is 2.62. The highest BCUT2D eigenvalue weighted by Crippen LogP contribution is 2.36. The van der Waals surface area contributed by atoms with E-state index in [0.717, 1.165) is 15.7 Å². The Labute approximate surface area is 193 Å². The Kier molecular flexibility index (Phi) is 6.36. The Morgan fingerprint density at radius 1 is 1.38 bits per heavy atom. The predicted molar refractivity (Wildman–Crippen MR) is 123 cm³/mol. The minimum absolute atomic E-state index is 0.204. The Morgan fingerprint density at radius 2 is 2.19 bits per heavy atom. The van der Waals surface area contributed by atoms with Crippen molar-refractivity contribution in [2.45, 2.75) is 31.9 Å². The lowest BCUT2D eigenvalue weighted by molar-refractivity contribution is -0.119. The maximum atomic E-state index is 15.1. The van der Waals surface area contributed by atoms with Gasteiger partial charge in [-0.15, -0.1) is 0 Å². The van der Waals surface area contributed by atoms with Gasteiger partial charge in [-0.05, 0) is 51.8 Å². The van der Waals surface area contributed by atoms with E-state index in [1.54, 1.807) is 24.5 Å². The van der Waals surface area contributed by atoms with Crippen LogP contribution in [0.3, 0.4) is 0 Å². The Bertz CT molecular complexity index is 1100. The van der Waals surface area contributed by atoms with E-state index in [1.807, 2.05) is 25.1 Å². The van der Waals surface area contributed by atoms with E-state index >= 15 is 4.39 Å². The average molecular weight is 501 g/mol. The van der Waals surface area contributed by atoms with E-state index < -0.39 is 18.0 Å². The second-order valence-electron chi connectivity index (χ2n) is 7.77. The molecule has 166 valence electrons. The van der Waals surface area contributed by atoms with Crippen LogP contribution in [0.25, 0.3) is 5.57 Å². The van der Waals surface area contributed by atoms with Gasteiger partial charge in [-0.1, -0.05) is 13.0 Å². The quantitative estimate of drug-likeness (QED) is 0.647. The van der Waals surface area contributed by atoms with E-state index in [1.165, 1.54) is 17.9 Å². The first-order valence-corrected chi connectivity index (χ1v) is 11.0. The molecule has 3 heterocycles. The highest BCUT2D eigenvalue weighted by atomic mass is 79.9. The normalized spacial score (nSPS) is 20.8. The number of amides is 2. The molecule has 9 heteroatoms. The molecule has 2 amide bonds. The van der Waals surface area contributed by atoms with E-state index in [4.69, 9.17) is 4.74 Å². The molecule has 1 aromatic carbocycles. The minimum atomic E-state index is -0.563. The standard InChI is InChI=1S/C23H22BrFN4O3/c1-13(22-19(7-8-26-22)21-6-3-15(24)10-28-21)18-5-4-16(9-20(18)25)29-12-17(32-23(29)31)11-27-14(2)30/h3-10,13,17,22H,11-12H2,1-2H3,(H,27,30). The zero-order valence-corrected chi connectivity index (χ0v) is 19.2. The molecule has 7 nitrogen and oxygen atoms in total. The second-order valence-corrected chi connectivity index (χ2v) is 8.69. The number of carbonyl (C=O) groups excluding carboxylic acids is 2. The largest absolute Gasteiger partial charge is 0.442 e. The number of carbonyl (C=O) groups is 2. The number of halogens is 2. The molecule has 0 radical (unpaired) electrons. The fraction of sp³-hybridized carbons (Fsp3) is 0.304. The van der Waals surface area contributed by atoms with Crippen LogP contribution in [-0.4, -0.2) is 48.4 Å². The molecule has 3 atom stereocenters. The van der Waals surface area contributed by atoms with Crippen LogP contribution in [0.5, 0.6) is 0 Å². The van der Waals surface area contributed by atoms with Crippen molar-refractivity contribution >= 4 is 45.4 Å². The molecule has 1 aromatic heterocycles. The molecule has 2 aromatic rings. The number of rotatable bonds is 6. The van der Waals surface area contributed by atoms with Crippen LogP contribution in [0, 0.1) is 5.82 Å². The first kappa shape index (κ1) is 22.1. The summed E-state index contributed by atoms with van der Waals surface area (Å²) in [4.78, 5) is 33.7. The number of allylic oxidation sites excluding steroid dienone is 1. The summed E-state index contributed by atoms with van der Waals surface area (Å²) in [6.07, 6.45) is 4.31. The van der Waals surface area contributed by atoms with E-state index in [9.17, 15) is 9.59 Å². The van der Waals surface area contributed by atoms with Crippen LogP contribution in [0.15, 0.2) is 52.1 Å². The van der Waals surface area contributed by atoms with Gasteiger partial charge in [0.1, 0.15) is 11.9 Å². The van der Waals surface area contributed by atoms with Crippen LogP contribution < -0.4 is 10.2 Å². The second kappa shape index (κ2) is 9.20. The Hall–Kier alpha value is -3.07. The number of cyclic esters (lactones) is 1. The summed E-state index contributed by atoms with van der Waals surface area (Å²) in [6.45, 7) is 3.77. The number of pyridine rings is 1. The average Bonchev–Trinajstić information content (AvgIpc) is 3.39. The fourth-order valence-corrected chi connectivity index (χ4v) is 4.13. The summed E-state index contributed by atoms with van der Waals surface area (Å²) >= 11 is 3.38. The molecule has 0 spiro atoms. The summed E-state index contributed by atoms with van der Waals surface area (Å²) in [5.74, 6) is -0.860. The lowest BCUT2D eigenvalue weighted by atomic mass is 9.87. The number of benzene rings is 1. The van der Waals surface area contributed by atoms with Gasteiger partial charge < -0.3 is 10.1 Å². The zero-order valence-electron chi connectivity index (χ0n) is 17.6. The van der Waals surface area contributed by atoms with Crippen molar-refractivity contribution in [3.05, 3.63) is 64.2 Å². The highest BCUT2D eigenvalue weighted by molar-refractivity contribution is 9.10. The molecule has 0 aliphatic carbocycles. The SMILES string of the molecule is CC(=O)NCC1CN(c2ccc(C(C)C3N=CC=C3c3ccc(Br)cn3)c(F)c2)C(=O)O1. The summed E-state index contributed by atoms with van der Waals surface area (Å²) in [7, 11) is 0. The van der Waals surface area contributed by atoms with Gasteiger partial charge in [0.25, 0.3) is 0 Å². The lowest BCUT2D eigenvalue weighted by Crippen LogP contribution is -2.33. The monoisotopic (exact) mass is 500 g/mol. The highest BCUT2D eigenvalue weighted by Gasteiger charge is 2.33. The molecule has 32 heavy (non-hydrogen) atoms. The van der Waals surface area contributed by atoms with Gasteiger partial charge in [-0.2, -0.15) is 0 Å². The number of aromatic nitrogens is 1. The van der Waals surface area contributed by atoms with Gasteiger partial charge in [0.05, 0.1) is 30.5 Å². The zero-order chi connectivity index (χ0) is 22.8. The Morgan fingerprint density at radius 3 is 2.88 bits per heavy atom. The third-order valence-electron chi connectivity index (χ3n) is 5.56. The molecule has 2 aliphatic rings. The smallest absolute Gasteiger partial charge is 0.414 e. The van der Waals surface area contributed by atoms with Crippen molar-refractivity contribution in [2.75, 3.05) is 18.0 Å². The topological polar surface area (TPSA) is 83.9 Å². The van der Waals surface area contributed by atoms with Crippen molar-refractivity contribution in [2.24, 2.45) is 4.99 Å². The van der Waals surface area contributed by atoms with Gasteiger partial charge in [0.2, 0.25) is 5.91 Å². The maximum absolute atomic E-state index is 15.1. The van der Waals surface area contributed by atoms with Crippen molar-refractivity contribution in [3.63, 3.8) is 0 Å². The first-order chi connectivity index (χ1) is 15.3. The van der Waals surface area contributed by atoms with Crippen LogP contribution in [0.1, 0.15) is 31.0 Å². The molecule has 1 fully saturated rings. The third kappa shape index (κ3) is 4.57. The predicted octanol–water partition coefficient (Wildman–Crippen LogP) is 4.08. The van der Waals surface area contributed by atoms with Gasteiger partial charge in [0.15, 0.2) is 0 Å². The number of ether oxygens (including phenoxy) is 1. The van der Waals surface area contributed by atoms with Gasteiger partial charge in [0, 0.05) is 35.3 Å². The molecular weight excluding hydrogens is 479 g/mol. The van der Waals surface area contributed by atoms with E-state index in [-0.39, 0.29) is 31.0 Å². The van der Waals surface area contributed by atoms with E-state index in [0.29, 0.717) is 11.3 Å². The molecule has 0 saturated carbocycles. The Balaban J connectivity index is 1.50. The first-order valence-electron chi connectivity index (χ1n) is 10.2. The number of hydrogen-bond donors (Lipinski definition) is 1. The number of nitrogens with one attached hydrogen (secondary N) is 1. The van der Waals surface area contributed by atoms with Crippen LogP contribution in [-0.2, 0) is 9.53 Å². The van der Waals surface area contributed by atoms with Crippen LogP contribution in [0.2, 0.25) is 0 Å². The van der Waals surface area contributed by atoms with Gasteiger partial charge in [-0.25, -0.2) is 9.18 Å². The summed E-state index contributed by atoms with van der Waals surface area (Å²) in [6, 6.07) is 8.28. The number of hydrogen-bond acceptors (Lipinski definition) is 5. The molecule has 3 unspecified atom stereocenters. The van der Waals surface area contributed by atoms with Gasteiger partial charge in [-0.3, -0.25) is 19.7 Å². The lowest BCUT2D eigenvalue weighted by Gasteiger charge is -2.22. The van der Waals surface area contributed by atoms with Crippen molar-refractivity contribution in [3.8, 4) is 0 Å². The van der Waals surface area contributed by atoms with Crippen molar-refractivity contribution in [1.82, 2.24) is 10.3 Å². The third-order valence-corrected chi connectivity index (χ3v) is 6.02. The van der Waals surface area contributed by atoms with Crippen LogP contribution >= 0.6 is 15.9 Å². The fourth-order valence-electron chi connectivity index (χ4n) is 3.90. The molecule has 1 N–H and O–H groups in total. The van der Waals surface area contributed by atoms with Crippen molar-refractivity contribution < 1.29 is 18.7 Å². The van der Waals surface area contributed by atoms with Gasteiger partial charge >= 0.3 is 6.09 Å². The summed E-state index contributed by atoms with van der Waals surface area (Å²) < 4.78 is 21.3. The minimum Gasteiger partial charge on any atom is -0.442 e. The molecule has 4 rings (SSSR count). The number of nitrogens with zero attached hydrogens (tertiary/aromatic N) is 3. The molecule has 2 aliphatic heterocycles. The number of aliphatic imine (C=N–C) groups is 1.